The van der Waals surface area contributed by atoms with Crippen molar-refractivity contribution in [3.05, 3.63) is 41.0 Å². The summed E-state index contributed by atoms with van der Waals surface area (Å²) in [5, 5.41) is 10.5. The Hall–Kier alpha value is -1.08. The van der Waals surface area contributed by atoms with Crippen molar-refractivity contribution in [1.29, 1.82) is 0 Å². The van der Waals surface area contributed by atoms with Crippen LogP contribution in [0.25, 0.3) is 5.57 Å². The van der Waals surface area contributed by atoms with Crippen LogP contribution in [-0.4, -0.2) is 5.11 Å². The molecule has 1 aromatic rings. The average molecular weight is 188 g/mol. The molecule has 1 aromatic carbocycles. The predicted molar refractivity (Wildman–Crippen MR) is 58.9 cm³/mol. The Labute approximate surface area is 85.1 Å². The molecule has 14 heavy (non-hydrogen) atoms. The maximum absolute atomic E-state index is 10.5. The Morgan fingerprint density at radius 3 is 2.50 bits per heavy atom. The summed E-state index contributed by atoms with van der Waals surface area (Å²) in [6.45, 7) is 6.14. The van der Waals surface area contributed by atoms with Gasteiger partial charge >= 0.3 is 0 Å². The van der Waals surface area contributed by atoms with E-state index in [2.05, 4.69) is 13.0 Å². The van der Waals surface area contributed by atoms with E-state index in [1.807, 2.05) is 32.0 Å². The summed E-state index contributed by atoms with van der Waals surface area (Å²) < 4.78 is 0. The van der Waals surface area contributed by atoms with Crippen molar-refractivity contribution in [3.63, 3.8) is 0 Å². The number of hydrogen-bond acceptors (Lipinski definition) is 1. The third-order valence-corrected chi connectivity index (χ3v) is 3.47. The van der Waals surface area contributed by atoms with Crippen molar-refractivity contribution < 1.29 is 5.11 Å². The van der Waals surface area contributed by atoms with Crippen molar-refractivity contribution in [1.82, 2.24) is 0 Å². The van der Waals surface area contributed by atoms with Crippen LogP contribution in [-0.2, 0) is 5.60 Å². The smallest absolute Gasteiger partial charge is 0.111 e. The summed E-state index contributed by atoms with van der Waals surface area (Å²) in [5.74, 6) is 0. The van der Waals surface area contributed by atoms with Crippen LogP contribution in [0.4, 0.5) is 0 Å². The van der Waals surface area contributed by atoms with Gasteiger partial charge in [-0.25, -0.2) is 0 Å². The van der Waals surface area contributed by atoms with Gasteiger partial charge in [0.25, 0.3) is 0 Å². The minimum absolute atomic E-state index is 0.722. The Bertz CT molecular complexity index is 403. The number of fused-ring (bicyclic) bond motifs is 1. The molecule has 0 bridgehead atoms. The fourth-order valence-electron chi connectivity index (χ4n) is 2.34. The lowest BCUT2D eigenvalue weighted by Crippen LogP contribution is -2.23. The summed E-state index contributed by atoms with van der Waals surface area (Å²) in [6.07, 6.45) is 0.743. The molecule has 74 valence electrons. The molecule has 1 atom stereocenters. The number of aliphatic hydroxyl groups is 1. The zero-order valence-electron chi connectivity index (χ0n) is 8.96. The van der Waals surface area contributed by atoms with Crippen LogP contribution in [0.15, 0.2) is 29.8 Å². The molecule has 0 radical (unpaired) electrons. The van der Waals surface area contributed by atoms with E-state index in [9.17, 15) is 5.11 Å². The molecule has 1 aliphatic rings. The van der Waals surface area contributed by atoms with E-state index in [-0.39, 0.29) is 0 Å². The van der Waals surface area contributed by atoms with Crippen LogP contribution in [0.2, 0.25) is 0 Å². The highest BCUT2D eigenvalue weighted by Gasteiger charge is 2.37. The molecule has 0 saturated heterocycles. The van der Waals surface area contributed by atoms with Crippen LogP contribution in [0.1, 0.15) is 38.3 Å². The standard InChI is InChI=1S/C13H16O/c1-4-13(14)10(3)9(2)11-7-5-6-8-12(11)13/h5-8,14H,4H2,1-3H3/t13-/m1/s1. The van der Waals surface area contributed by atoms with E-state index in [0.717, 1.165) is 17.6 Å². The quantitative estimate of drug-likeness (QED) is 0.718. The van der Waals surface area contributed by atoms with Crippen molar-refractivity contribution in [3.8, 4) is 0 Å². The molecule has 0 amide bonds. The molecule has 1 heteroatoms. The minimum atomic E-state index is -0.722. The normalized spacial score (nSPS) is 25.4. The van der Waals surface area contributed by atoms with Gasteiger partial charge in [0.15, 0.2) is 0 Å². The van der Waals surface area contributed by atoms with Crippen molar-refractivity contribution in [2.75, 3.05) is 0 Å². The van der Waals surface area contributed by atoms with E-state index in [0.29, 0.717) is 0 Å². The largest absolute Gasteiger partial charge is 0.381 e. The number of benzene rings is 1. The van der Waals surface area contributed by atoms with Gasteiger partial charge in [0, 0.05) is 0 Å². The van der Waals surface area contributed by atoms with Gasteiger partial charge in [-0.3, -0.25) is 0 Å². The fourth-order valence-corrected chi connectivity index (χ4v) is 2.34. The molecular formula is C13H16O. The Balaban J connectivity index is 2.70. The van der Waals surface area contributed by atoms with Crippen molar-refractivity contribution in [2.45, 2.75) is 32.8 Å². The lowest BCUT2D eigenvalue weighted by atomic mass is 9.89. The van der Waals surface area contributed by atoms with E-state index < -0.39 is 5.60 Å². The number of allylic oxidation sites excluding steroid dienone is 1. The van der Waals surface area contributed by atoms with Gasteiger partial charge in [0.2, 0.25) is 0 Å². The van der Waals surface area contributed by atoms with Gasteiger partial charge in [-0.05, 0) is 42.5 Å². The van der Waals surface area contributed by atoms with Gasteiger partial charge in [-0.15, -0.1) is 0 Å². The second-order valence-corrected chi connectivity index (χ2v) is 4.01. The van der Waals surface area contributed by atoms with Gasteiger partial charge in [0.1, 0.15) is 5.60 Å². The van der Waals surface area contributed by atoms with Crippen LogP contribution < -0.4 is 0 Å². The Morgan fingerprint density at radius 1 is 1.21 bits per heavy atom. The molecule has 0 aromatic heterocycles. The second kappa shape index (κ2) is 2.96. The number of hydrogen-bond donors (Lipinski definition) is 1. The average Bonchev–Trinajstić information content (AvgIpc) is 2.43. The van der Waals surface area contributed by atoms with Crippen LogP contribution in [0.5, 0.6) is 0 Å². The highest BCUT2D eigenvalue weighted by atomic mass is 16.3. The Kier molecular flexibility index (Phi) is 2.00. The maximum Gasteiger partial charge on any atom is 0.111 e. The van der Waals surface area contributed by atoms with Crippen molar-refractivity contribution >= 4 is 5.57 Å². The zero-order valence-corrected chi connectivity index (χ0v) is 8.96. The lowest BCUT2D eigenvalue weighted by Gasteiger charge is -2.24. The molecule has 0 fully saturated rings. The van der Waals surface area contributed by atoms with Gasteiger partial charge in [-0.2, -0.15) is 0 Å². The summed E-state index contributed by atoms with van der Waals surface area (Å²) in [6, 6.07) is 8.13. The molecule has 0 aliphatic heterocycles. The van der Waals surface area contributed by atoms with E-state index >= 15 is 0 Å². The second-order valence-electron chi connectivity index (χ2n) is 4.01. The lowest BCUT2D eigenvalue weighted by molar-refractivity contribution is 0.0759. The summed E-state index contributed by atoms with van der Waals surface area (Å²) >= 11 is 0. The van der Waals surface area contributed by atoms with E-state index in [4.69, 9.17) is 0 Å². The molecule has 1 N–H and O–H groups in total. The molecule has 1 nitrogen and oxygen atoms in total. The molecule has 0 saturated carbocycles. The van der Waals surface area contributed by atoms with E-state index in [1.54, 1.807) is 0 Å². The van der Waals surface area contributed by atoms with Crippen LogP contribution in [0, 0.1) is 0 Å². The first-order valence-electron chi connectivity index (χ1n) is 5.11. The van der Waals surface area contributed by atoms with Gasteiger partial charge in [-0.1, -0.05) is 31.2 Å². The minimum Gasteiger partial charge on any atom is -0.381 e. The summed E-state index contributed by atoms with van der Waals surface area (Å²) in [4.78, 5) is 0. The monoisotopic (exact) mass is 188 g/mol. The van der Waals surface area contributed by atoms with Gasteiger partial charge in [0.05, 0.1) is 0 Å². The molecule has 0 heterocycles. The molecule has 0 unspecified atom stereocenters. The maximum atomic E-state index is 10.5. The van der Waals surface area contributed by atoms with Crippen LogP contribution in [0.3, 0.4) is 0 Å². The summed E-state index contributed by atoms with van der Waals surface area (Å²) in [7, 11) is 0. The highest BCUT2D eigenvalue weighted by Crippen LogP contribution is 2.45. The third-order valence-electron chi connectivity index (χ3n) is 3.47. The van der Waals surface area contributed by atoms with Crippen LogP contribution >= 0.6 is 0 Å². The van der Waals surface area contributed by atoms with Gasteiger partial charge < -0.3 is 5.11 Å². The topological polar surface area (TPSA) is 20.2 Å². The molecule has 1 aliphatic carbocycles. The highest BCUT2D eigenvalue weighted by molar-refractivity contribution is 5.77. The van der Waals surface area contributed by atoms with Crippen molar-refractivity contribution in [2.24, 2.45) is 0 Å². The SMILES string of the molecule is CC[C@@]1(O)C(C)=C(C)c2ccccc21. The molecular weight excluding hydrogens is 172 g/mol. The molecule has 2 rings (SSSR count). The Morgan fingerprint density at radius 2 is 1.86 bits per heavy atom. The fraction of sp³-hybridized carbons (Fsp3) is 0.385. The summed E-state index contributed by atoms with van der Waals surface area (Å²) in [5.41, 5.74) is 3.87. The third kappa shape index (κ3) is 0.992. The van der Waals surface area contributed by atoms with E-state index in [1.165, 1.54) is 11.1 Å². The molecule has 0 spiro atoms. The first-order chi connectivity index (χ1) is 6.61. The predicted octanol–water partition coefficient (Wildman–Crippen LogP) is 3.09. The number of rotatable bonds is 1. The first kappa shape index (κ1) is 9.47. The first-order valence-corrected chi connectivity index (χ1v) is 5.11. The zero-order chi connectivity index (χ0) is 10.3.